The number of rotatable bonds is 6. The molecule has 1 atom stereocenters. The van der Waals surface area contributed by atoms with E-state index in [0.29, 0.717) is 12.8 Å². The molecule has 6 nitrogen and oxygen atoms in total. The van der Waals surface area contributed by atoms with Crippen LogP contribution in [0.3, 0.4) is 0 Å². The molecule has 7 heteroatoms. The number of hydrogen-bond donors (Lipinski definition) is 1. The van der Waals surface area contributed by atoms with Gasteiger partial charge >= 0.3 is 6.03 Å². The Hall–Kier alpha value is -2.93. The summed E-state index contributed by atoms with van der Waals surface area (Å²) in [5.41, 5.74) is 1.07. The Bertz CT molecular complexity index is 998. The van der Waals surface area contributed by atoms with E-state index in [2.05, 4.69) is 10.3 Å². The molecule has 1 saturated heterocycles. The molecule has 28 heavy (non-hydrogen) atoms. The van der Waals surface area contributed by atoms with E-state index in [1.165, 1.54) is 16.2 Å². The first kappa shape index (κ1) is 18.4. The molecular formula is C21H21N3O3S. The summed E-state index contributed by atoms with van der Waals surface area (Å²) in [6.07, 6.45) is 1.21. The third-order valence-corrected chi connectivity index (χ3v) is 6.07. The van der Waals surface area contributed by atoms with Crippen LogP contribution in [0.25, 0.3) is 10.2 Å². The fourth-order valence-corrected chi connectivity index (χ4v) is 4.33. The molecule has 0 bridgehead atoms. The highest BCUT2D eigenvalue weighted by Crippen LogP contribution is 2.28. The second-order valence-corrected chi connectivity index (χ2v) is 8.19. The quantitative estimate of drug-likeness (QED) is 0.645. The van der Waals surface area contributed by atoms with E-state index in [4.69, 9.17) is 4.74 Å². The van der Waals surface area contributed by atoms with Crippen molar-refractivity contribution in [3.05, 3.63) is 59.1 Å². The van der Waals surface area contributed by atoms with Crippen LogP contribution in [0.2, 0.25) is 0 Å². The molecular weight excluding hydrogens is 374 g/mol. The number of carbonyl (C=O) groups is 2. The Morgan fingerprint density at radius 1 is 1.14 bits per heavy atom. The largest absolute Gasteiger partial charge is 0.497 e. The summed E-state index contributed by atoms with van der Waals surface area (Å²) in [5.74, 6) is 0.590. The number of amides is 3. The molecule has 0 spiro atoms. The fourth-order valence-electron chi connectivity index (χ4n) is 3.37. The molecule has 0 saturated carbocycles. The molecule has 4 rings (SSSR count). The molecule has 2 aromatic carbocycles. The van der Waals surface area contributed by atoms with E-state index >= 15 is 0 Å². The SMILES string of the molecule is COc1ccc(CC[C@]2(C)NC(=O)N(Cc3nc4ccccc4s3)C2=O)cc1. The van der Waals surface area contributed by atoms with Crippen molar-refractivity contribution in [1.29, 1.82) is 0 Å². The Morgan fingerprint density at radius 3 is 2.61 bits per heavy atom. The van der Waals surface area contributed by atoms with Gasteiger partial charge in [0.2, 0.25) is 0 Å². The molecule has 3 aromatic rings. The summed E-state index contributed by atoms with van der Waals surface area (Å²) in [6.45, 7) is 1.98. The highest BCUT2D eigenvalue weighted by atomic mass is 32.1. The lowest BCUT2D eigenvalue weighted by molar-refractivity contribution is -0.131. The second kappa shape index (κ2) is 7.24. The molecule has 3 amide bonds. The second-order valence-electron chi connectivity index (χ2n) is 7.08. The number of fused-ring (bicyclic) bond motifs is 1. The zero-order valence-corrected chi connectivity index (χ0v) is 16.6. The van der Waals surface area contributed by atoms with Gasteiger partial charge < -0.3 is 10.1 Å². The number of hydrogen-bond acceptors (Lipinski definition) is 5. The van der Waals surface area contributed by atoms with Crippen LogP contribution in [0, 0.1) is 0 Å². The number of benzene rings is 2. The standard InChI is InChI=1S/C21H21N3O3S/c1-21(12-11-14-7-9-15(27-2)10-8-14)19(25)24(20(26)23-21)13-18-22-16-5-3-4-6-17(16)28-18/h3-10H,11-13H2,1-2H3,(H,23,26)/t21-/m0/s1. The van der Waals surface area contributed by atoms with Crippen LogP contribution in [0.15, 0.2) is 48.5 Å². The molecule has 0 unspecified atom stereocenters. The molecule has 1 aliphatic heterocycles. The van der Waals surface area contributed by atoms with Crippen LogP contribution in [-0.4, -0.2) is 34.5 Å². The minimum atomic E-state index is -0.909. The monoisotopic (exact) mass is 395 g/mol. The lowest BCUT2D eigenvalue weighted by atomic mass is 9.93. The van der Waals surface area contributed by atoms with Crippen molar-refractivity contribution in [3.63, 3.8) is 0 Å². The summed E-state index contributed by atoms with van der Waals surface area (Å²) in [7, 11) is 1.63. The van der Waals surface area contributed by atoms with Crippen LogP contribution >= 0.6 is 11.3 Å². The maximum Gasteiger partial charge on any atom is 0.325 e. The number of carbonyl (C=O) groups excluding carboxylic acids is 2. The van der Waals surface area contributed by atoms with E-state index in [-0.39, 0.29) is 18.5 Å². The minimum absolute atomic E-state index is 0.197. The Balaban J connectivity index is 1.45. The molecule has 1 aromatic heterocycles. The number of aromatic nitrogens is 1. The first-order chi connectivity index (χ1) is 13.5. The van der Waals surface area contributed by atoms with Crippen LogP contribution in [0.5, 0.6) is 5.75 Å². The fraction of sp³-hybridized carbons (Fsp3) is 0.286. The van der Waals surface area contributed by atoms with Crippen LogP contribution in [-0.2, 0) is 17.8 Å². The number of ether oxygens (including phenoxy) is 1. The van der Waals surface area contributed by atoms with Crippen molar-refractivity contribution in [2.24, 2.45) is 0 Å². The number of aryl methyl sites for hydroxylation is 1. The van der Waals surface area contributed by atoms with Crippen LogP contribution in [0.4, 0.5) is 4.79 Å². The van der Waals surface area contributed by atoms with Gasteiger partial charge in [0.1, 0.15) is 16.3 Å². The lowest BCUT2D eigenvalue weighted by Gasteiger charge is -2.21. The lowest BCUT2D eigenvalue weighted by Crippen LogP contribution is -2.44. The minimum Gasteiger partial charge on any atom is -0.497 e. The van der Waals surface area contributed by atoms with Gasteiger partial charge in [0.15, 0.2) is 0 Å². The van der Waals surface area contributed by atoms with E-state index in [0.717, 1.165) is 26.5 Å². The van der Waals surface area contributed by atoms with Crippen molar-refractivity contribution >= 4 is 33.5 Å². The first-order valence-corrected chi connectivity index (χ1v) is 9.92. The van der Waals surface area contributed by atoms with Gasteiger partial charge in [0.05, 0.1) is 23.9 Å². The maximum atomic E-state index is 13.0. The van der Waals surface area contributed by atoms with E-state index in [1.807, 2.05) is 48.5 Å². The first-order valence-electron chi connectivity index (χ1n) is 9.10. The molecule has 1 fully saturated rings. The maximum absolute atomic E-state index is 13.0. The number of nitrogens with zero attached hydrogens (tertiary/aromatic N) is 2. The number of thiazole rings is 1. The molecule has 0 radical (unpaired) electrons. The third-order valence-electron chi connectivity index (χ3n) is 5.05. The van der Waals surface area contributed by atoms with Crippen molar-refractivity contribution in [2.75, 3.05) is 7.11 Å². The van der Waals surface area contributed by atoms with Gasteiger partial charge in [0.25, 0.3) is 5.91 Å². The van der Waals surface area contributed by atoms with Gasteiger partial charge in [-0.3, -0.25) is 9.69 Å². The van der Waals surface area contributed by atoms with Crippen molar-refractivity contribution in [3.8, 4) is 5.75 Å². The van der Waals surface area contributed by atoms with Crippen molar-refractivity contribution < 1.29 is 14.3 Å². The highest BCUT2D eigenvalue weighted by molar-refractivity contribution is 7.18. The Labute approximate surface area is 167 Å². The van der Waals surface area contributed by atoms with E-state index in [9.17, 15) is 9.59 Å². The van der Waals surface area contributed by atoms with Gasteiger partial charge in [-0.1, -0.05) is 24.3 Å². The molecule has 1 aliphatic rings. The van der Waals surface area contributed by atoms with Gasteiger partial charge in [-0.05, 0) is 49.6 Å². The Morgan fingerprint density at radius 2 is 1.89 bits per heavy atom. The van der Waals surface area contributed by atoms with E-state index in [1.54, 1.807) is 14.0 Å². The topological polar surface area (TPSA) is 71.5 Å². The van der Waals surface area contributed by atoms with E-state index < -0.39 is 5.54 Å². The summed E-state index contributed by atoms with van der Waals surface area (Å²) < 4.78 is 6.22. The normalized spacial score (nSPS) is 19.3. The molecule has 2 heterocycles. The zero-order chi connectivity index (χ0) is 19.7. The Kier molecular flexibility index (Phi) is 4.77. The molecule has 1 N–H and O–H groups in total. The van der Waals surface area contributed by atoms with Gasteiger partial charge in [-0.25, -0.2) is 9.78 Å². The highest BCUT2D eigenvalue weighted by Gasteiger charge is 2.47. The molecule has 144 valence electrons. The summed E-state index contributed by atoms with van der Waals surface area (Å²) in [6, 6.07) is 15.2. The molecule has 0 aliphatic carbocycles. The van der Waals surface area contributed by atoms with Crippen molar-refractivity contribution in [1.82, 2.24) is 15.2 Å². The average Bonchev–Trinajstić information content (AvgIpc) is 3.21. The third kappa shape index (κ3) is 3.45. The predicted molar refractivity (Wildman–Crippen MR) is 108 cm³/mol. The van der Waals surface area contributed by atoms with Gasteiger partial charge in [0, 0.05) is 0 Å². The van der Waals surface area contributed by atoms with Crippen LogP contribution in [0.1, 0.15) is 23.9 Å². The predicted octanol–water partition coefficient (Wildman–Crippen LogP) is 3.75. The number of methoxy groups -OCH3 is 1. The summed E-state index contributed by atoms with van der Waals surface area (Å²) in [5, 5.41) is 3.62. The number of imide groups is 1. The van der Waals surface area contributed by atoms with Crippen LogP contribution < -0.4 is 10.1 Å². The summed E-state index contributed by atoms with van der Waals surface area (Å²) >= 11 is 1.51. The zero-order valence-electron chi connectivity index (χ0n) is 15.8. The average molecular weight is 395 g/mol. The van der Waals surface area contributed by atoms with Gasteiger partial charge in [-0.2, -0.15) is 0 Å². The number of para-hydroxylation sites is 1. The number of urea groups is 1. The summed E-state index contributed by atoms with van der Waals surface area (Å²) in [4.78, 5) is 31.3. The van der Waals surface area contributed by atoms with Gasteiger partial charge in [-0.15, -0.1) is 11.3 Å². The van der Waals surface area contributed by atoms with Crippen molar-refractivity contribution in [2.45, 2.75) is 31.8 Å². The number of nitrogens with one attached hydrogen (secondary N) is 1. The smallest absolute Gasteiger partial charge is 0.325 e.